The zero-order valence-electron chi connectivity index (χ0n) is 0. The molecule has 0 saturated carbocycles. The highest BCUT2D eigenvalue weighted by atomic mass is 12.1. The molecule has 0 heterocycles. The first kappa shape index (κ1) is 0. The Hall–Kier alpha value is 0. The third-order valence-corrected chi connectivity index (χ3v) is 0. The van der Waals surface area contributed by atoms with Crippen molar-refractivity contribution < 1.29 is 0 Å². The van der Waals surface area contributed by atoms with Crippen LogP contribution in [0.5, 0.6) is 0 Å². The summed E-state index contributed by atoms with van der Waals surface area (Å²) < 4.78 is 0. The maximum Gasteiger partial charge on any atom is -0.0776 e. The molecule has 0 aromatic heterocycles. The third kappa shape index (κ3) is 0. The van der Waals surface area contributed by atoms with Gasteiger partial charge in [0, 0.05) is 0 Å². The van der Waals surface area contributed by atoms with Gasteiger partial charge in [-0.1, -0.05) is 505 Å². The minimum atomic E-state index is 0. The van der Waals surface area contributed by atoms with E-state index < -0.39 is 0 Å². The van der Waals surface area contributed by atoms with Crippen LogP contribution < -0.4 is 0 Å². The van der Waals surface area contributed by atoms with Crippen LogP contribution in [0.15, 0.2) is 0 Å². The topological polar surface area (TPSA) is 0 Å². The van der Waals surface area contributed by atoms with Crippen LogP contribution >= 0.6 is 0 Å². The van der Waals surface area contributed by atoms with Crippen LogP contribution in [0.3, 0.4) is 0 Å². The highest BCUT2D eigenvalue weighted by molar-refractivity contribution is 2.57. The van der Waals surface area contributed by atoms with Gasteiger partial charge < -0.3 is 0 Å². The molecule has 68 heavy (non-hydrogen) atoms. The molecule has 544 valence electrons. The van der Waals surface area contributed by atoms with Gasteiger partial charge in [0.2, 0.25) is 0 Å². The van der Waals surface area contributed by atoms with E-state index in [1.165, 1.54) is 0 Å². The second kappa shape index (κ2) is 0. The summed E-state index contributed by atoms with van der Waals surface area (Å²) in [6.45, 7) is 0. The first-order valence-electron chi connectivity index (χ1n) is 0. The van der Waals surface area contributed by atoms with Gasteiger partial charge in [-0.05, 0) is 0 Å². The average Bonchev–Trinajstić information content (AvgIpc) is 0. The molecule has 0 aliphatic carbocycles. The molecule has 0 nitrogen and oxygen atoms in total. The van der Waals surface area contributed by atoms with E-state index in [1.807, 2.05) is 0 Å². The van der Waals surface area contributed by atoms with Crippen molar-refractivity contribution in [2.45, 2.75) is 505 Å². The number of hydrogen-bond acceptors (Lipinski definition) is 0. The number of rotatable bonds is 0. The van der Waals surface area contributed by atoms with Gasteiger partial charge in [0.1, 0.15) is 0 Å². The highest BCUT2D eigenvalue weighted by Gasteiger charge is -0.0106. The minimum absolute atomic E-state index is 0. The lowest BCUT2D eigenvalue weighted by Crippen LogP contribution is 0.143. The van der Waals surface area contributed by atoms with Gasteiger partial charge in [-0.15, -0.1) is 0 Å². The third-order valence-electron chi connectivity index (χ3n) is 0. The Morgan fingerprint density at radius 3 is 0.0147 bits per heavy atom. The van der Waals surface area contributed by atoms with Crippen molar-refractivity contribution in [1.29, 1.82) is 0 Å². The zero-order chi connectivity index (χ0) is 0. The van der Waals surface area contributed by atoms with E-state index >= 15 is 0 Å². The Morgan fingerprint density at radius 2 is 0.0147 bits per heavy atom. The summed E-state index contributed by atoms with van der Waals surface area (Å²) in [5, 5.41) is 0. The van der Waals surface area contributed by atoms with Crippen LogP contribution in [-0.2, 0) is 0 Å². The summed E-state index contributed by atoms with van der Waals surface area (Å²) in [7, 11) is 0. The fourth-order valence-corrected chi connectivity index (χ4v) is 0. The maximum absolute atomic E-state index is 0. The molecule has 0 atom stereocenters. The fourth-order valence-electron chi connectivity index (χ4n) is 0. The predicted octanol–water partition coefficient (Wildman–Crippen LogP) is 43.3. The van der Waals surface area contributed by atoms with E-state index in [2.05, 4.69) is 0 Å². The van der Waals surface area contributed by atoms with Gasteiger partial charge >= 0.3 is 0 Å². The molecular weight excluding hydrogens is 817 g/mol. The van der Waals surface area contributed by atoms with Crippen molar-refractivity contribution in [2.75, 3.05) is 0 Å². The van der Waals surface area contributed by atoms with E-state index in [-0.39, 0.29) is 505 Å². The van der Waals surface area contributed by atoms with Crippen LogP contribution in [0.4, 0.5) is 0 Å². The van der Waals surface area contributed by atoms with E-state index in [0.29, 0.717) is 0 Å². The van der Waals surface area contributed by atoms with Crippen molar-refractivity contribution in [3.8, 4) is 0 Å². The minimum Gasteiger partial charge on any atom is -0.0776 e. The van der Waals surface area contributed by atoms with Crippen LogP contribution in [-0.4, -0.2) is 0 Å². The standard InChI is InChI=1S/68CH4/h68*1H4. The molecular formula is C68H272. The molecule has 0 rings (SSSR count). The first-order valence-corrected chi connectivity index (χ1v) is 0. The van der Waals surface area contributed by atoms with E-state index in [9.17, 15) is 0 Å². The van der Waals surface area contributed by atoms with Crippen molar-refractivity contribution >= 4 is 0 Å². The smallest absolute Gasteiger partial charge is 0.0776 e. The van der Waals surface area contributed by atoms with Gasteiger partial charge in [0.15, 0.2) is 0 Å². The summed E-state index contributed by atoms with van der Waals surface area (Å²) in [6, 6.07) is 0. The highest BCUT2D eigenvalue weighted by Crippen LogP contribution is 0.211. The lowest BCUT2D eigenvalue weighted by molar-refractivity contribution is 2.50. The molecule has 0 amide bonds. The monoisotopic (exact) mass is 1090 g/mol. The summed E-state index contributed by atoms with van der Waals surface area (Å²) in [6.07, 6.45) is 0. The van der Waals surface area contributed by atoms with Crippen LogP contribution in [0.2, 0.25) is 0 Å². The van der Waals surface area contributed by atoms with E-state index in [4.69, 9.17) is 0 Å². The molecule has 0 aromatic carbocycles. The molecule has 0 spiro atoms. The second-order valence-corrected chi connectivity index (χ2v) is 0. The summed E-state index contributed by atoms with van der Waals surface area (Å²) in [5.41, 5.74) is 0. The summed E-state index contributed by atoms with van der Waals surface area (Å²) >= 11 is 0. The summed E-state index contributed by atoms with van der Waals surface area (Å²) in [4.78, 5) is 0. The first-order chi connectivity index (χ1) is 0. The fraction of sp³-hybridized carbons (Fsp3) is 1.00. The molecule has 0 N–H and O–H groups in total. The molecule has 0 aliphatic rings. The van der Waals surface area contributed by atoms with Gasteiger partial charge in [-0.2, -0.15) is 0 Å². The van der Waals surface area contributed by atoms with Gasteiger partial charge in [-0.3, -0.25) is 0 Å². The molecule has 0 radical (unpaired) electrons. The molecule has 0 bridgehead atoms. The maximum atomic E-state index is 0. The Morgan fingerprint density at radius 1 is 0.0147 bits per heavy atom. The molecule has 0 saturated heterocycles. The predicted molar refractivity (Wildman–Crippen MR) is 458 cm³/mol. The Labute approximate surface area is 503 Å². The van der Waals surface area contributed by atoms with Gasteiger partial charge in [0.05, 0.1) is 0 Å². The molecule has 0 fully saturated rings. The van der Waals surface area contributed by atoms with Crippen molar-refractivity contribution in [2.24, 2.45) is 0 Å². The van der Waals surface area contributed by atoms with Gasteiger partial charge in [-0.25, -0.2) is 0 Å². The lowest BCUT2D eigenvalue weighted by Gasteiger charge is -0.0786. The van der Waals surface area contributed by atoms with Crippen molar-refractivity contribution in [3.05, 3.63) is 0 Å². The van der Waals surface area contributed by atoms with E-state index in [1.54, 1.807) is 0 Å². The quantitative estimate of drug-likeness (QED) is 0.227. The zero-order valence-corrected chi connectivity index (χ0v) is 0. The Balaban J connectivity index is 0. The van der Waals surface area contributed by atoms with Crippen molar-refractivity contribution in [3.63, 3.8) is 0 Å². The second-order valence-electron chi connectivity index (χ2n) is 0. The molecule has 0 heteroatoms. The SMILES string of the molecule is C.C.C.C.C.C.C.C.C.C.C.C.C.C.C.C.C.C.C.C.C.C.C.C.C.C.C.C.C.C.C.C.C.C.C.C.C.C.C.C.C.C.C.C.C.C.C.C.C.C.C.C.C.C.C.C.C.C.C.C.C.C.C.C.C.C.C.C. The molecule has 0 unspecified atom stereocenters. The Kier molecular flexibility index (Phi) is 0. The lowest BCUT2D eigenvalue weighted by atomic mass is 12.0. The largest absolute Gasteiger partial charge is 0.0776 e. The van der Waals surface area contributed by atoms with Crippen LogP contribution in [0.25, 0.3) is 0 Å². The number of hydrogen-bond donors (Lipinski definition) is 0. The average molecular weight is 1090 g/mol. The van der Waals surface area contributed by atoms with Gasteiger partial charge in [0.25, 0.3) is 0 Å². The molecule has 0 aliphatic heterocycles. The van der Waals surface area contributed by atoms with Crippen LogP contribution in [0, 0.1) is 0 Å². The summed E-state index contributed by atoms with van der Waals surface area (Å²) in [5.74, 6) is 0. The van der Waals surface area contributed by atoms with E-state index in [0.717, 1.165) is 0 Å². The Bertz CT molecular complexity index is 0. The molecule has 0 aromatic rings. The normalized spacial score (nSPS) is 0. The van der Waals surface area contributed by atoms with Crippen LogP contribution in [0.1, 0.15) is 505 Å². The van der Waals surface area contributed by atoms with Crippen molar-refractivity contribution in [1.82, 2.24) is 0 Å².